The molecular formula is C23H24ClN3O. The number of benzene rings is 2. The molecule has 0 bridgehead atoms. The molecule has 3 aromatic rings. The minimum Gasteiger partial charge on any atom is -0.349 e. The molecule has 1 aliphatic heterocycles. The van der Waals surface area contributed by atoms with E-state index in [4.69, 9.17) is 4.98 Å². The lowest BCUT2D eigenvalue weighted by Crippen LogP contribution is -2.35. The normalized spacial score (nSPS) is 15.5. The van der Waals surface area contributed by atoms with Gasteiger partial charge in [0.1, 0.15) is 5.82 Å². The number of nitrogens with zero attached hydrogens (tertiary/aromatic N) is 3. The molecule has 0 radical (unpaired) electrons. The van der Waals surface area contributed by atoms with Crippen LogP contribution in [0.25, 0.3) is 0 Å². The van der Waals surface area contributed by atoms with Crippen LogP contribution in [0.3, 0.4) is 0 Å². The van der Waals surface area contributed by atoms with Crippen molar-refractivity contribution >= 4 is 24.0 Å². The Bertz CT molecular complexity index is 1000. The van der Waals surface area contributed by atoms with Crippen LogP contribution in [-0.2, 0) is 6.42 Å². The van der Waals surface area contributed by atoms with Crippen molar-refractivity contribution in [3.63, 3.8) is 0 Å². The number of carbonyl (C=O) groups excluding carboxylic acids is 1. The Balaban J connectivity index is 0.00000225. The third-order valence-electron chi connectivity index (χ3n) is 5.47. The molecule has 2 aromatic carbocycles. The predicted octanol–water partition coefficient (Wildman–Crippen LogP) is 4.87. The Kier molecular flexibility index (Phi) is 5.80. The van der Waals surface area contributed by atoms with Gasteiger partial charge < -0.3 is 4.90 Å². The molecule has 1 aromatic heterocycles. The second-order valence-electron chi connectivity index (χ2n) is 7.09. The quantitative estimate of drug-likeness (QED) is 0.595. The summed E-state index contributed by atoms with van der Waals surface area (Å²) in [5.74, 6) is 0.999. The van der Waals surface area contributed by atoms with E-state index >= 15 is 0 Å². The van der Waals surface area contributed by atoms with Gasteiger partial charge in [-0.05, 0) is 38.3 Å². The lowest BCUT2D eigenvalue weighted by Gasteiger charge is -2.37. The first-order chi connectivity index (χ1) is 13.1. The van der Waals surface area contributed by atoms with Gasteiger partial charge in [-0.2, -0.15) is 0 Å². The van der Waals surface area contributed by atoms with E-state index in [0.717, 1.165) is 30.0 Å². The van der Waals surface area contributed by atoms with Gasteiger partial charge in [-0.1, -0.05) is 54.6 Å². The summed E-state index contributed by atoms with van der Waals surface area (Å²) in [6.45, 7) is 7.07. The number of hydrogen-bond donors (Lipinski definition) is 0. The minimum absolute atomic E-state index is 0. The molecular weight excluding hydrogens is 370 g/mol. The summed E-state index contributed by atoms with van der Waals surface area (Å²) >= 11 is 0. The molecule has 0 spiro atoms. The number of anilines is 1. The summed E-state index contributed by atoms with van der Waals surface area (Å²) < 4.78 is 0. The van der Waals surface area contributed by atoms with E-state index in [0.29, 0.717) is 5.56 Å². The van der Waals surface area contributed by atoms with E-state index in [1.54, 1.807) is 12.1 Å². The van der Waals surface area contributed by atoms with E-state index in [2.05, 4.69) is 41.1 Å². The van der Waals surface area contributed by atoms with Crippen molar-refractivity contribution < 1.29 is 4.79 Å². The fourth-order valence-electron chi connectivity index (χ4n) is 3.77. The van der Waals surface area contributed by atoms with Gasteiger partial charge in [-0.15, -0.1) is 12.4 Å². The zero-order chi connectivity index (χ0) is 19.0. The molecule has 0 aliphatic carbocycles. The molecule has 0 saturated carbocycles. The third-order valence-corrected chi connectivity index (χ3v) is 5.47. The Morgan fingerprint density at radius 3 is 2.43 bits per heavy atom. The second-order valence-corrected chi connectivity index (χ2v) is 7.09. The van der Waals surface area contributed by atoms with Gasteiger partial charge in [0, 0.05) is 23.4 Å². The van der Waals surface area contributed by atoms with Crippen LogP contribution in [0.15, 0.2) is 54.6 Å². The van der Waals surface area contributed by atoms with Gasteiger partial charge >= 0.3 is 0 Å². The maximum absolute atomic E-state index is 12.9. The molecule has 0 amide bonds. The molecule has 2 heterocycles. The van der Waals surface area contributed by atoms with Crippen molar-refractivity contribution in [1.29, 1.82) is 0 Å². The maximum atomic E-state index is 12.9. The van der Waals surface area contributed by atoms with E-state index in [1.165, 1.54) is 11.1 Å². The molecule has 1 unspecified atom stereocenters. The first kappa shape index (κ1) is 20.0. The van der Waals surface area contributed by atoms with Crippen molar-refractivity contribution in [1.82, 2.24) is 9.97 Å². The SMILES string of the molecule is Cc1nc(C(=O)c2ccccc2)nc(N2CCc3ccccc3C2C)c1C.Cl. The van der Waals surface area contributed by atoms with Gasteiger partial charge in [-0.25, -0.2) is 9.97 Å². The number of halogens is 1. The number of hydrogen-bond acceptors (Lipinski definition) is 4. The predicted molar refractivity (Wildman–Crippen MR) is 115 cm³/mol. The van der Waals surface area contributed by atoms with Crippen LogP contribution in [0.2, 0.25) is 0 Å². The summed E-state index contributed by atoms with van der Waals surface area (Å²) in [6.07, 6.45) is 0.977. The van der Waals surface area contributed by atoms with E-state index in [1.807, 2.05) is 32.0 Å². The molecule has 4 rings (SSSR count). The van der Waals surface area contributed by atoms with Crippen LogP contribution in [0.5, 0.6) is 0 Å². The molecule has 0 N–H and O–H groups in total. The number of rotatable bonds is 3. The fraction of sp³-hybridized carbons (Fsp3) is 0.261. The molecule has 1 atom stereocenters. The highest BCUT2D eigenvalue weighted by Gasteiger charge is 2.27. The molecule has 1 aliphatic rings. The van der Waals surface area contributed by atoms with Crippen molar-refractivity contribution in [3.05, 3.63) is 88.4 Å². The van der Waals surface area contributed by atoms with Gasteiger partial charge in [0.05, 0.1) is 6.04 Å². The molecule has 0 saturated heterocycles. The van der Waals surface area contributed by atoms with Gasteiger partial charge in [-0.3, -0.25) is 4.79 Å². The first-order valence-corrected chi connectivity index (χ1v) is 9.35. The van der Waals surface area contributed by atoms with Crippen LogP contribution in [0.1, 0.15) is 51.5 Å². The Morgan fingerprint density at radius 1 is 1.00 bits per heavy atom. The number of fused-ring (bicyclic) bond motifs is 1. The van der Waals surface area contributed by atoms with Crippen LogP contribution in [-0.4, -0.2) is 22.3 Å². The number of ketones is 1. The first-order valence-electron chi connectivity index (χ1n) is 9.35. The maximum Gasteiger partial charge on any atom is 0.230 e. The largest absolute Gasteiger partial charge is 0.349 e. The lowest BCUT2D eigenvalue weighted by molar-refractivity contribution is 0.102. The van der Waals surface area contributed by atoms with Crippen molar-refractivity contribution in [3.8, 4) is 0 Å². The smallest absolute Gasteiger partial charge is 0.230 e. The fourth-order valence-corrected chi connectivity index (χ4v) is 3.77. The number of carbonyl (C=O) groups is 1. The highest BCUT2D eigenvalue weighted by atomic mass is 35.5. The second kappa shape index (κ2) is 8.11. The monoisotopic (exact) mass is 393 g/mol. The highest BCUT2D eigenvalue weighted by molar-refractivity contribution is 6.06. The van der Waals surface area contributed by atoms with Gasteiger partial charge in [0.25, 0.3) is 0 Å². The number of aromatic nitrogens is 2. The summed E-state index contributed by atoms with van der Waals surface area (Å²) in [5, 5.41) is 0. The molecule has 0 fully saturated rings. The highest BCUT2D eigenvalue weighted by Crippen LogP contribution is 2.34. The van der Waals surface area contributed by atoms with Crippen molar-refractivity contribution in [2.45, 2.75) is 33.2 Å². The molecule has 5 heteroatoms. The van der Waals surface area contributed by atoms with Crippen LogP contribution in [0.4, 0.5) is 5.82 Å². The summed E-state index contributed by atoms with van der Waals surface area (Å²) in [4.78, 5) is 24.4. The summed E-state index contributed by atoms with van der Waals surface area (Å²) in [5.41, 5.74) is 5.22. The van der Waals surface area contributed by atoms with Crippen LogP contribution in [0, 0.1) is 13.8 Å². The standard InChI is InChI=1S/C23H23N3O.ClH/c1-15-16(2)24-22(21(27)19-10-5-4-6-11-19)25-23(15)26-14-13-18-9-7-8-12-20(18)17(26)3;/h4-12,17H,13-14H2,1-3H3;1H. The topological polar surface area (TPSA) is 46.1 Å². The third kappa shape index (κ3) is 3.52. The summed E-state index contributed by atoms with van der Waals surface area (Å²) in [6, 6.07) is 18.0. The van der Waals surface area contributed by atoms with Crippen molar-refractivity contribution in [2.24, 2.45) is 0 Å². The van der Waals surface area contributed by atoms with Crippen molar-refractivity contribution in [2.75, 3.05) is 11.4 Å². The zero-order valence-electron chi connectivity index (χ0n) is 16.3. The average molecular weight is 394 g/mol. The number of aryl methyl sites for hydroxylation is 1. The molecule has 4 nitrogen and oxygen atoms in total. The van der Waals surface area contributed by atoms with E-state index in [9.17, 15) is 4.79 Å². The van der Waals surface area contributed by atoms with E-state index < -0.39 is 0 Å². The lowest BCUT2D eigenvalue weighted by atomic mass is 9.93. The van der Waals surface area contributed by atoms with Gasteiger partial charge in [0.15, 0.2) is 0 Å². The summed E-state index contributed by atoms with van der Waals surface area (Å²) in [7, 11) is 0. The Hall–Kier alpha value is -2.72. The molecule has 28 heavy (non-hydrogen) atoms. The Morgan fingerprint density at radius 2 is 1.68 bits per heavy atom. The van der Waals surface area contributed by atoms with Gasteiger partial charge in [0.2, 0.25) is 11.6 Å². The van der Waals surface area contributed by atoms with E-state index in [-0.39, 0.29) is 30.1 Å². The van der Waals surface area contributed by atoms with Crippen LogP contribution >= 0.6 is 12.4 Å². The molecule has 144 valence electrons. The Labute approximate surface area is 172 Å². The van der Waals surface area contributed by atoms with Crippen LogP contribution < -0.4 is 4.90 Å². The minimum atomic E-state index is -0.134. The average Bonchev–Trinajstić information content (AvgIpc) is 2.71. The zero-order valence-corrected chi connectivity index (χ0v) is 17.2.